The van der Waals surface area contributed by atoms with Gasteiger partial charge in [-0.05, 0) is 43.5 Å². The lowest BCUT2D eigenvalue weighted by molar-refractivity contribution is -0.142. The number of nitrogens with one attached hydrogen (secondary N) is 1. The maximum atomic E-state index is 11.8. The number of fused-ring (bicyclic) bond motifs is 3. The standard InChI is InChI=1S/C16H17NO4/c1-2-21-16(20)10-4-6-13-12(7-10)11-5-3-9(15(18)19)8-14(11)17-13/h4,6-7,9,17H,2-3,5,8H2,1H3,(H,18,19). The molecule has 2 aromatic rings. The number of aryl methyl sites for hydroxylation is 1. The van der Waals surface area contributed by atoms with Crippen molar-refractivity contribution in [2.45, 2.75) is 26.2 Å². The van der Waals surface area contributed by atoms with Crippen molar-refractivity contribution in [2.24, 2.45) is 5.92 Å². The highest BCUT2D eigenvalue weighted by atomic mass is 16.5. The molecule has 1 atom stereocenters. The maximum Gasteiger partial charge on any atom is 0.338 e. The molecule has 0 saturated carbocycles. The van der Waals surface area contributed by atoms with Crippen LogP contribution in [-0.2, 0) is 22.4 Å². The van der Waals surface area contributed by atoms with Gasteiger partial charge in [0.25, 0.3) is 0 Å². The van der Waals surface area contributed by atoms with Crippen LogP contribution in [0, 0.1) is 5.92 Å². The number of carbonyl (C=O) groups excluding carboxylic acids is 1. The Kier molecular flexibility index (Phi) is 3.41. The molecule has 1 unspecified atom stereocenters. The van der Waals surface area contributed by atoms with Gasteiger partial charge in [0.05, 0.1) is 18.1 Å². The minimum Gasteiger partial charge on any atom is -0.481 e. The molecule has 1 aliphatic carbocycles. The first-order valence-corrected chi connectivity index (χ1v) is 7.13. The number of rotatable bonds is 3. The third kappa shape index (κ3) is 2.39. The van der Waals surface area contributed by atoms with E-state index in [0.29, 0.717) is 25.0 Å². The molecular formula is C16H17NO4. The molecule has 3 rings (SSSR count). The molecular weight excluding hydrogens is 270 g/mol. The average molecular weight is 287 g/mol. The van der Waals surface area contributed by atoms with Crippen molar-refractivity contribution in [2.75, 3.05) is 6.61 Å². The summed E-state index contributed by atoms with van der Waals surface area (Å²) in [6.45, 7) is 2.13. The first-order chi connectivity index (χ1) is 10.1. The lowest BCUT2D eigenvalue weighted by Gasteiger charge is -2.18. The van der Waals surface area contributed by atoms with E-state index in [1.54, 1.807) is 13.0 Å². The Morgan fingerprint density at radius 2 is 2.24 bits per heavy atom. The molecule has 0 radical (unpaired) electrons. The summed E-state index contributed by atoms with van der Waals surface area (Å²) in [5.41, 5.74) is 3.59. The number of H-pyrrole nitrogens is 1. The summed E-state index contributed by atoms with van der Waals surface area (Å²) in [5, 5.41) is 10.1. The Hall–Kier alpha value is -2.30. The van der Waals surface area contributed by atoms with Crippen molar-refractivity contribution >= 4 is 22.8 Å². The van der Waals surface area contributed by atoms with E-state index in [-0.39, 0.29) is 11.9 Å². The number of carbonyl (C=O) groups is 2. The summed E-state index contributed by atoms with van der Waals surface area (Å²) >= 11 is 0. The van der Waals surface area contributed by atoms with Crippen LogP contribution in [0.5, 0.6) is 0 Å². The van der Waals surface area contributed by atoms with Gasteiger partial charge in [-0.2, -0.15) is 0 Å². The molecule has 5 nitrogen and oxygen atoms in total. The second kappa shape index (κ2) is 5.24. The van der Waals surface area contributed by atoms with Crippen molar-refractivity contribution in [3.05, 3.63) is 35.0 Å². The Labute approximate surface area is 121 Å². The predicted molar refractivity (Wildman–Crippen MR) is 77.4 cm³/mol. The van der Waals surface area contributed by atoms with Crippen molar-refractivity contribution in [3.63, 3.8) is 0 Å². The fourth-order valence-corrected chi connectivity index (χ4v) is 2.98. The number of aliphatic carboxylic acids is 1. The SMILES string of the molecule is CCOC(=O)c1ccc2[nH]c3c(c2c1)CCC(C(=O)O)C3. The van der Waals surface area contributed by atoms with Gasteiger partial charge in [-0.15, -0.1) is 0 Å². The van der Waals surface area contributed by atoms with Crippen LogP contribution in [0.2, 0.25) is 0 Å². The van der Waals surface area contributed by atoms with Crippen LogP contribution >= 0.6 is 0 Å². The molecule has 21 heavy (non-hydrogen) atoms. The first kappa shape index (κ1) is 13.7. The smallest absolute Gasteiger partial charge is 0.338 e. The molecule has 0 aliphatic heterocycles. The van der Waals surface area contributed by atoms with Gasteiger partial charge in [0.15, 0.2) is 0 Å². The van der Waals surface area contributed by atoms with Gasteiger partial charge in [-0.3, -0.25) is 4.79 Å². The Balaban J connectivity index is 2.00. The van der Waals surface area contributed by atoms with Gasteiger partial charge >= 0.3 is 11.9 Å². The van der Waals surface area contributed by atoms with Crippen LogP contribution in [0.3, 0.4) is 0 Å². The number of esters is 1. The van der Waals surface area contributed by atoms with E-state index in [1.807, 2.05) is 12.1 Å². The monoisotopic (exact) mass is 287 g/mol. The van der Waals surface area contributed by atoms with E-state index < -0.39 is 5.97 Å². The zero-order chi connectivity index (χ0) is 15.0. The van der Waals surface area contributed by atoms with Gasteiger partial charge in [0.2, 0.25) is 0 Å². The molecule has 0 spiro atoms. The van der Waals surface area contributed by atoms with Crippen molar-refractivity contribution in [1.82, 2.24) is 4.98 Å². The number of aromatic nitrogens is 1. The third-order valence-electron chi connectivity index (χ3n) is 4.05. The molecule has 1 aliphatic rings. The number of benzene rings is 1. The summed E-state index contributed by atoms with van der Waals surface area (Å²) in [5.74, 6) is -1.39. The zero-order valence-corrected chi connectivity index (χ0v) is 11.8. The Morgan fingerprint density at radius 1 is 1.43 bits per heavy atom. The molecule has 1 aromatic heterocycles. The number of carboxylic acid groups (broad SMARTS) is 1. The third-order valence-corrected chi connectivity index (χ3v) is 4.05. The van der Waals surface area contributed by atoms with E-state index >= 15 is 0 Å². The Bertz CT molecular complexity index is 716. The highest BCUT2D eigenvalue weighted by molar-refractivity contribution is 5.96. The van der Waals surface area contributed by atoms with E-state index in [9.17, 15) is 9.59 Å². The van der Waals surface area contributed by atoms with Crippen LogP contribution in [0.4, 0.5) is 0 Å². The number of carboxylic acids is 1. The molecule has 0 bridgehead atoms. The van der Waals surface area contributed by atoms with Crippen LogP contribution in [0.15, 0.2) is 18.2 Å². The summed E-state index contributed by atoms with van der Waals surface area (Å²) in [6.07, 6.45) is 1.88. The summed E-state index contributed by atoms with van der Waals surface area (Å²) in [7, 11) is 0. The highest BCUT2D eigenvalue weighted by Crippen LogP contribution is 2.32. The molecule has 0 amide bonds. The predicted octanol–water partition coefficient (Wildman–Crippen LogP) is 2.53. The minimum absolute atomic E-state index is 0.324. The van der Waals surface area contributed by atoms with E-state index in [0.717, 1.165) is 28.6 Å². The lowest BCUT2D eigenvalue weighted by Crippen LogP contribution is -2.21. The van der Waals surface area contributed by atoms with Crippen LogP contribution in [-0.4, -0.2) is 28.6 Å². The number of aromatic amines is 1. The minimum atomic E-state index is -0.744. The number of hydrogen-bond acceptors (Lipinski definition) is 3. The summed E-state index contributed by atoms with van der Waals surface area (Å²) < 4.78 is 5.02. The molecule has 1 heterocycles. The zero-order valence-electron chi connectivity index (χ0n) is 11.8. The summed E-state index contributed by atoms with van der Waals surface area (Å²) in [4.78, 5) is 26.2. The van der Waals surface area contributed by atoms with Crippen molar-refractivity contribution in [1.29, 1.82) is 0 Å². The quantitative estimate of drug-likeness (QED) is 0.850. The van der Waals surface area contributed by atoms with Gasteiger partial charge in [0.1, 0.15) is 0 Å². The lowest BCUT2D eigenvalue weighted by atomic mass is 9.87. The summed E-state index contributed by atoms with van der Waals surface area (Å²) in [6, 6.07) is 5.43. The Morgan fingerprint density at radius 3 is 2.95 bits per heavy atom. The fraction of sp³-hybridized carbons (Fsp3) is 0.375. The molecule has 2 N–H and O–H groups in total. The maximum absolute atomic E-state index is 11.8. The van der Waals surface area contributed by atoms with E-state index in [1.165, 1.54) is 0 Å². The second-order valence-electron chi connectivity index (χ2n) is 5.34. The van der Waals surface area contributed by atoms with Crippen LogP contribution in [0.25, 0.3) is 10.9 Å². The van der Waals surface area contributed by atoms with E-state index in [4.69, 9.17) is 9.84 Å². The highest BCUT2D eigenvalue weighted by Gasteiger charge is 2.27. The van der Waals surface area contributed by atoms with Gasteiger partial charge in [0, 0.05) is 23.0 Å². The van der Waals surface area contributed by atoms with Gasteiger partial charge in [-0.25, -0.2) is 4.79 Å². The number of ether oxygens (including phenoxy) is 1. The normalized spacial score (nSPS) is 17.5. The second-order valence-corrected chi connectivity index (χ2v) is 5.34. The molecule has 5 heteroatoms. The van der Waals surface area contributed by atoms with E-state index in [2.05, 4.69) is 4.98 Å². The van der Waals surface area contributed by atoms with Crippen LogP contribution < -0.4 is 0 Å². The molecule has 110 valence electrons. The molecule has 1 aromatic carbocycles. The van der Waals surface area contributed by atoms with Gasteiger partial charge < -0.3 is 14.8 Å². The fourth-order valence-electron chi connectivity index (χ4n) is 2.98. The number of hydrogen-bond donors (Lipinski definition) is 2. The molecule has 0 saturated heterocycles. The molecule has 0 fully saturated rings. The van der Waals surface area contributed by atoms with Crippen molar-refractivity contribution < 1.29 is 19.4 Å². The van der Waals surface area contributed by atoms with Crippen LogP contribution in [0.1, 0.15) is 35.0 Å². The van der Waals surface area contributed by atoms with Gasteiger partial charge in [-0.1, -0.05) is 0 Å². The largest absolute Gasteiger partial charge is 0.481 e. The van der Waals surface area contributed by atoms with Crippen molar-refractivity contribution in [3.8, 4) is 0 Å². The first-order valence-electron chi connectivity index (χ1n) is 7.13. The topological polar surface area (TPSA) is 79.4 Å². The average Bonchev–Trinajstić information content (AvgIpc) is 2.84.